The molecule has 0 fully saturated rings. The normalized spacial score (nSPS) is 14.4. The van der Waals surface area contributed by atoms with Crippen molar-refractivity contribution in [2.24, 2.45) is 0 Å². The molecule has 0 heterocycles. The van der Waals surface area contributed by atoms with E-state index in [1.165, 1.54) is 72.3 Å². The summed E-state index contributed by atoms with van der Waals surface area (Å²) in [6, 6.07) is 67.6. The van der Waals surface area contributed by atoms with Crippen molar-refractivity contribution in [1.29, 1.82) is 0 Å². The first-order valence-electron chi connectivity index (χ1n) is 19.2. The Morgan fingerprint density at radius 2 is 0.745 bits per heavy atom. The van der Waals surface area contributed by atoms with E-state index in [0.29, 0.717) is 0 Å². The molecule has 3 aliphatic rings. The molecule has 262 valence electrons. The van der Waals surface area contributed by atoms with Crippen LogP contribution < -0.4 is 9.64 Å². The maximum atomic E-state index is 5.44. The van der Waals surface area contributed by atoms with Crippen molar-refractivity contribution in [3.63, 3.8) is 0 Å². The lowest BCUT2D eigenvalue weighted by Crippen LogP contribution is -2.26. The summed E-state index contributed by atoms with van der Waals surface area (Å²) in [7, 11) is 1.71. The number of ether oxygens (including phenoxy) is 1. The lowest BCUT2D eigenvalue weighted by molar-refractivity contribution is 0.415. The average molecular weight is 706 g/mol. The zero-order valence-corrected chi connectivity index (χ0v) is 31.2. The molecule has 0 aromatic heterocycles. The molecule has 1 spiro atoms. The summed E-state index contributed by atoms with van der Waals surface area (Å²) < 4.78 is 5.44. The van der Waals surface area contributed by atoms with E-state index in [1.54, 1.807) is 7.11 Å². The molecule has 0 aliphatic heterocycles. The highest BCUT2D eigenvalue weighted by Gasteiger charge is 2.51. The standard InChI is InChI=1S/C53H39NO/c1-52(2)46-16-8-4-12-40(46)44-30-26-37(32-50(44)52)54(36-24-20-34(21-25-36)35-22-28-39(55-3)29-23-35)38-27-31-45-43-15-7-11-19-49(43)53(51(45)33-38)47-17-9-5-13-41(47)42-14-6-10-18-48(42)53/h4-33H,1-3H3. The Hall–Kier alpha value is -6.64. The van der Waals surface area contributed by atoms with Gasteiger partial charge >= 0.3 is 0 Å². The number of fused-ring (bicyclic) bond motifs is 13. The molecule has 0 atom stereocenters. The van der Waals surface area contributed by atoms with E-state index in [9.17, 15) is 0 Å². The van der Waals surface area contributed by atoms with Crippen molar-refractivity contribution in [2.45, 2.75) is 24.7 Å². The number of rotatable bonds is 5. The van der Waals surface area contributed by atoms with E-state index in [0.717, 1.165) is 28.4 Å². The molecule has 0 bridgehead atoms. The fourth-order valence-electron chi connectivity index (χ4n) is 10.1. The Balaban J connectivity index is 1.13. The summed E-state index contributed by atoms with van der Waals surface area (Å²) in [6.45, 7) is 4.72. The van der Waals surface area contributed by atoms with Crippen LogP contribution in [0.5, 0.6) is 5.75 Å². The summed E-state index contributed by atoms with van der Waals surface area (Å²) in [6.07, 6.45) is 0. The van der Waals surface area contributed by atoms with Gasteiger partial charge in [-0.1, -0.05) is 147 Å². The summed E-state index contributed by atoms with van der Waals surface area (Å²) in [5, 5.41) is 0. The molecule has 2 heteroatoms. The smallest absolute Gasteiger partial charge is 0.118 e. The molecule has 3 aliphatic carbocycles. The van der Waals surface area contributed by atoms with E-state index in [1.807, 2.05) is 12.1 Å². The van der Waals surface area contributed by atoms with Crippen LogP contribution in [0.4, 0.5) is 17.1 Å². The Morgan fingerprint density at radius 1 is 0.364 bits per heavy atom. The summed E-state index contributed by atoms with van der Waals surface area (Å²) in [5.41, 5.74) is 21.2. The van der Waals surface area contributed by atoms with Gasteiger partial charge in [-0.15, -0.1) is 0 Å². The number of benzene rings is 8. The van der Waals surface area contributed by atoms with Crippen LogP contribution in [0.15, 0.2) is 182 Å². The molecule has 0 amide bonds. The molecule has 0 radical (unpaired) electrons. The van der Waals surface area contributed by atoms with Crippen LogP contribution in [0.2, 0.25) is 0 Å². The van der Waals surface area contributed by atoms with E-state index in [2.05, 4.69) is 189 Å². The lowest BCUT2D eigenvalue weighted by atomic mass is 9.70. The third-order valence-corrected chi connectivity index (χ3v) is 12.6. The Bertz CT molecular complexity index is 2760. The number of hydrogen-bond donors (Lipinski definition) is 0. The van der Waals surface area contributed by atoms with Gasteiger partial charge in [0.15, 0.2) is 0 Å². The monoisotopic (exact) mass is 705 g/mol. The molecular weight excluding hydrogens is 667 g/mol. The van der Waals surface area contributed by atoms with E-state index in [4.69, 9.17) is 4.74 Å². The first kappa shape index (κ1) is 31.8. The van der Waals surface area contributed by atoms with Gasteiger partial charge in [0, 0.05) is 22.5 Å². The van der Waals surface area contributed by atoms with Crippen LogP contribution in [-0.4, -0.2) is 7.11 Å². The topological polar surface area (TPSA) is 12.5 Å². The highest BCUT2D eigenvalue weighted by atomic mass is 16.5. The molecule has 0 saturated carbocycles. The highest BCUT2D eigenvalue weighted by Crippen LogP contribution is 2.63. The third-order valence-electron chi connectivity index (χ3n) is 12.6. The van der Waals surface area contributed by atoms with E-state index < -0.39 is 5.41 Å². The zero-order chi connectivity index (χ0) is 36.9. The maximum absolute atomic E-state index is 5.44. The minimum atomic E-state index is -0.416. The second-order valence-corrected chi connectivity index (χ2v) is 15.6. The van der Waals surface area contributed by atoms with Gasteiger partial charge in [-0.3, -0.25) is 0 Å². The van der Waals surface area contributed by atoms with Crippen molar-refractivity contribution in [1.82, 2.24) is 0 Å². The molecule has 8 aromatic rings. The minimum Gasteiger partial charge on any atom is -0.497 e. The van der Waals surface area contributed by atoms with E-state index in [-0.39, 0.29) is 5.41 Å². The summed E-state index contributed by atoms with van der Waals surface area (Å²) in [5.74, 6) is 0.859. The molecule has 2 nitrogen and oxygen atoms in total. The Labute approximate surface area is 323 Å². The lowest BCUT2D eigenvalue weighted by Gasteiger charge is -2.32. The van der Waals surface area contributed by atoms with Crippen molar-refractivity contribution < 1.29 is 4.74 Å². The van der Waals surface area contributed by atoms with Gasteiger partial charge in [-0.2, -0.15) is 0 Å². The SMILES string of the molecule is COc1ccc(-c2ccc(N(c3ccc4c(c3)C(C)(C)c3ccccc3-4)c3ccc4c(c3)C3(c5ccccc5-c5ccccc53)c3ccccc3-4)cc2)cc1. The van der Waals surface area contributed by atoms with Gasteiger partial charge in [0.25, 0.3) is 0 Å². The van der Waals surface area contributed by atoms with E-state index >= 15 is 0 Å². The summed E-state index contributed by atoms with van der Waals surface area (Å²) >= 11 is 0. The third kappa shape index (κ3) is 4.37. The van der Waals surface area contributed by atoms with Crippen molar-refractivity contribution in [2.75, 3.05) is 12.0 Å². The van der Waals surface area contributed by atoms with Gasteiger partial charge in [0.05, 0.1) is 12.5 Å². The first-order valence-corrected chi connectivity index (χ1v) is 19.2. The zero-order valence-electron chi connectivity index (χ0n) is 31.2. The largest absolute Gasteiger partial charge is 0.497 e. The minimum absolute atomic E-state index is 0.118. The molecule has 8 aromatic carbocycles. The highest BCUT2D eigenvalue weighted by molar-refractivity contribution is 5.96. The maximum Gasteiger partial charge on any atom is 0.118 e. The molecule has 0 N–H and O–H groups in total. The van der Waals surface area contributed by atoms with Crippen molar-refractivity contribution >= 4 is 17.1 Å². The Morgan fingerprint density at radius 3 is 1.25 bits per heavy atom. The number of nitrogens with zero attached hydrogens (tertiary/aromatic N) is 1. The second kappa shape index (κ2) is 11.7. The fourth-order valence-corrected chi connectivity index (χ4v) is 10.1. The van der Waals surface area contributed by atoms with Gasteiger partial charge in [-0.05, 0) is 126 Å². The second-order valence-electron chi connectivity index (χ2n) is 15.6. The van der Waals surface area contributed by atoms with Crippen LogP contribution in [0, 0.1) is 0 Å². The quantitative estimate of drug-likeness (QED) is 0.177. The van der Waals surface area contributed by atoms with Crippen molar-refractivity contribution in [3.05, 3.63) is 215 Å². The predicted octanol–water partition coefficient (Wildman–Crippen LogP) is 13.5. The molecular formula is C53H39NO. The molecule has 0 saturated heterocycles. The molecule has 0 unspecified atom stereocenters. The number of anilines is 3. The van der Waals surface area contributed by atoms with Crippen LogP contribution >= 0.6 is 0 Å². The van der Waals surface area contributed by atoms with Gasteiger partial charge in [-0.25, -0.2) is 0 Å². The van der Waals surface area contributed by atoms with Gasteiger partial charge in [0.2, 0.25) is 0 Å². The number of hydrogen-bond acceptors (Lipinski definition) is 2. The predicted molar refractivity (Wildman–Crippen MR) is 227 cm³/mol. The van der Waals surface area contributed by atoms with Crippen LogP contribution in [0.3, 0.4) is 0 Å². The molecule has 11 rings (SSSR count). The first-order chi connectivity index (χ1) is 27.0. The van der Waals surface area contributed by atoms with Crippen molar-refractivity contribution in [3.8, 4) is 50.3 Å². The van der Waals surface area contributed by atoms with Crippen LogP contribution in [-0.2, 0) is 10.8 Å². The van der Waals surface area contributed by atoms with Crippen LogP contribution in [0.1, 0.15) is 47.2 Å². The number of methoxy groups -OCH3 is 1. The molecule has 55 heavy (non-hydrogen) atoms. The van der Waals surface area contributed by atoms with Crippen LogP contribution in [0.25, 0.3) is 44.5 Å². The van der Waals surface area contributed by atoms with Gasteiger partial charge < -0.3 is 9.64 Å². The summed E-state index contributed by atoms with van der Waals surface area (Å²) in [4.78, 5) is 2.46. The Kier molecular flexibility index (Phi) is 6.76. The average Bonchev–Trinajstić information content (AvgIpc) is 3.80. The fraction of sp³-hybridized carbons (Fsp3) is 0.0943. The van der Waals surface area contributed by atoms with Gasteiger partial charge in [0.1, 0.15) is 5.75 Å².